The van der Waals surface area contributed by atoms with Crippen molar-refractivity contribution in [2.24, 2.45) is 10.8 Å². The molecule has 0 saturated heterocycles. The minimum absolute atomic E-state index is 0.0928. The van der Waals surface area contributed by atoms with E-state index in [1.165, 1.54) is 5.56 Å². The predicted molar refractivity (Wildman–Crippen MR) is 141 cm³/mol. The molecule has 3 aromatic carbocycles. The molecule has 0 unspecified atom stereocenters. The third kappa shape index (κ3) is 5.79. The fraction of sp³-hybridized carbons (Fsp3) is 0.400. The van der Waals surface area contributed by atoms with E-state index in [2.05, 4.69) is 45.0 Å². The van der Waals surface area contributed by atoms with E-state index in [1.54, 1.807) is 12.1 Å². The second-order valence-electron chi connectivity index (χ2n) is 11.6. The van der Waals surface area contributed by atoms with E-state index in [1.807, 2.05) is 50.2 Å². The van der Waals surface area contributed by atoms with E-state index < -0.39 is 27.3 Å². The molecule has 186 valence electrons. The number of hydrogen-bond donors (Lipinski definition) is 1. The quantitative estimate of drug-likeness (QED) is 0.463. The summed E-state index contributed by atoms with van der Waals surface area (Å²) in [5.41, 5.74) is 3.40. The molecule has 4 nitrogen and oxygen atoms in total. The molecule has 1 N–H and O–H groups in total. The summed E-state index contributed by atoms with van der Waals surface area (Å²) in [6, 6.07) is 23.2. The van der Waals surface area contributed by atoms with Crippen LogP contribution in [0.4, 0.5) is 0 Å². The second-order valence-corrected chi connectivity index (χ2v) is 13.6. The zero-order valence-corrected chi connectivity index (χ0v) is 22.1. The first-order valence-corrected chi connectivity index (χ1v) is 13.8. The van der Waals surface area contributed by atoms with E-state index in [0.717, 1.165) is 23.3 Å². The molecule has 1 aliphatic heterocycles. The smallest absolute Gasteiger partial charge is 0.179 e. The molecule has 0 aliphatic carbocycles. The van der Waals surface area contributed by atoms with Gasteiger partial charge in [-0.05, 0) is 52.3 Å². The molecule has 2 atom stereocenters. The van der Waals surface area contributed by atoms with Crippen LogP contribution in [0.2, 0.25) is 0 Å². The average molecular weight is 493 g/mol. The van der Waals surface area contributed by atoms with Gasteiger partial charge in [-0.25, -0.2) is 8.42 Å². The van der Waals surface area contributed by atoms with Crippen LogP contribution in [0.3, 0.4) is 0 Å². The van der Waals surface area contributed by atoms with Crippen molar-refractivity contribution >= 4 is 9.84 Å². The first-order valence-electron chi connectivity index (χ1n) is 12.2. The number of benzene rings is 3. The summed E-state index contributed by atoms with van der Waals surface area (Å²) >= 11 is 0. The maximum Gasteiger partial charge on any atom is 0.179 e. The number of sulfone groups is 1. The average Bonchev–Trinajstić information content (AvgIpc) is 2.83. The third-order valence-corrected chi connectivity index (χ3v) is 8.84. The highest BCUT2D eigenvalue weighted by Gasteiger charge is 2.44. The largest absolute Gasteiger partial charge is 0.489 e. The zero-order chi connectivity index (χ0) is 25.4. The maximum atomic E-state index is 13.1. The Morgan fingerprint density at radius 3 is 2.14 bits per heavy atom. The van der Waals surface area contributed by atoms with E-state index in [9.17, 15) is 13.5 Å². The molecule has 4 rings (SSSR count). The van der Waals surface area contributed by atoms with Crippen molar-refractivity contribution in [2.75, 3.05) is 5.75 Å². The van der Waals surface area contributed by atoms with Gasteiger partial charge in [-0.3, -0.25) is 0 Å². The fourth-order valence-corrected chi connectivity index (χ4v) is 7.11. The Morgan fingerprint density at radius 1 is 0.914 bits per heavy atom. The van der Waals surface area contributed by atoms with Crippen LogP contribution in [0, 0.1) is 10.8 Å². The summed E-state index contributed by atoms with van der Waals surface area (Å²) in [4.78, 5) is 0.310. The summed E-state index contributed by atoms with van der Waals surface area (Å²) in [5, 5.41) is 11.3. The topological polar surface area (TPSA) is 63.6 Å². The molecule has 0 aromatic heterocycles. The third-order valence-electron chi connectivity index (χ3n) is 6.67. The van der Waals surface area contributed by atoms with Gasteiger partial charge in [0, 0.05) is 11.3 Å². The number of hydrogen-bond acceptors (Lipinski definition) is 4. The summed E-state index contributed by atoms with van der Waals surface area (Å²) in [5.74, 6) is 0.198. The van der Waals surface area contributed by atoms with Gasteiger partial charge in [0.15, 0.2) is 9.84 Å². The maximum absolute atomic E-state index is 13.1. The minimum Gasteiger partial charge on any atom is -0.489 e. The van der Waals surface area contributed by atoms with Gasteiger partial charge < -0.3 is 9.84 Å². The van der Waals surface area contributed by atoms with Crippen LogP contribution in [-0.4, -0.2) is 25.4 Å². The normalized spacial score (nSPS) is 21.1. The Balaban J connectivity index is 1.54. The van der Waals surface area contributed by atoms with Crippen LogP contribution in [0.25, 0.3) is 0 Å². The highest BCUT2D eigenvalue weighted by atomic mass is 32.2. The van der Waals surface area contributed by atoms with Crippen molar-refractivity contribution in [3.63, 3.8) is 0 Å². The van der Waals surface area contributed by atoms with Gasteiger partial charge >= 0.3 is 0 Å². The van der Waals surface area contributed by atoms with Gasteiger partial charge in [0.25, 0.3) is 0 Å². The van der Waals surface area contributed by atoms with Crippen LogP contribution >= 0.6 is 0 Å². The number of aliphatic hydroxyl groups excluding tert-OH is 1. The van der Waals surface area contributed by atoms with Gasteiger partial charge in [-0.2, -0.15) is 0 Å². The lowest BCUT2D eigenvalue weighted by Crippen LogP contribution is -2.37. The molecule has 0 amide bonds. The Morgan fingerprint density at radius 2 is 1.51 bits per heavy atom. The number of aliphatic hydroxyl groups is 1. The Hall–Kier alpha value is -2.63. The first-order chi connectivity index (χ1) is 16.4. The van der Waals surface area contributed by atoms with Gasteiger partial charge in [-0.1, -0.05) is 89.2 Å². The molecule has 3 aromatic rings. The second kappa shape index (κ2) is 9.44. The number of ether oxygens (including phenoxy) is 1. The molecule has 0 saturated carbocycles. The van der Waals surface area contributed by atoms with Gasteiger partial charge in [0.1, 0.15) is 12.4 Å². The Kier molecular flexibility index (Phi) is 6.87. The van der Waals surface area contributed by atoms with Crippen LogP contribution in [0.1, 0.15) is 62.8 Å². The molecule has 5 heteroatoms. The Bertz CT molecular complexity index is 1270. The summed E-state index contributed by atoms with van der Waals surface area (Å²) in [6.07, 6.45) is 0.184. The monoisotopic (exact) mass is 492 g/mol. The van der Waals surface area contributed by atoms with E-state index >= 15 is 0 Å². The fourth-order valence-electron chi connectivity index (χ4n) is 4.96. The van der Waals surface area contributed by atoms with Gasteiger partial charge in [0.2, 0.25) is 0 Å². The number of rotatable bonds is 5. The van der Waals surface area contributed by atoms with Crippen molar-refractivity contribution in [3.05, 3.63) is 95.1 Å². The van der Waals surface area contributed by atoms with E-state index in [0.29, 0.717) is 17.1 Å². The Labute approximate surface area is 209 Å². The van der Waals surface area contributed by atoms with Crippen molar-refractivity contribution in [3.8, 4) is 5.75 Å². The minimum atomic E-state index is -3.51. The van der Waals surface area contributed by atoms with Crippen LogP contribution in [0.15, 0.2) is 77.7 Å². The van der Waals surface area contributed by atoms with E-state index in [4.69, 9.17) is 4.74 Å². The first kappa shape index (κ1) is 25.5. The lowest BCUT2D eigenvalue weighted by atomic mass is 9.75. The van der Waals surface area contributed by atoms with Crippen molar-refractivity contribution < 1.29 is 18.3 Å². The summed E-state index contributed by atoms with van der Waals surface area (Å²) < 4.78 is 32.1. The molecule has 0 bridgehead atoms. The van der Waals surface area contributed by atoms with Gasteiger partial charge in [-0.15, -0.1) is 0 Å². The molecule has 35 heavy (non-hydrogen) atoms. The van der Waals surface area contributed by atoms with E-state index in [-0.39, 0.29) is 11.2 Å². The van der Waals surface area contributed by atoms with Crippen molar-refractivity contribution in [1.82, 2.24) is 0 Å². The molecule has 0 spiro atoms. The molecular weight excluding hydrogens is 456 g/mol. The predicted octanol–water partition coefficient (Wildman–Crippen LogP) is 6.16. The molecule has 1 aliphatic rings. The van der Waals surface area contributed by atoms with Crippen LogP contribution in [0.5, 0.6) is 5.75 Å². The zero-order valence-electron chi connectivity index (χ0n) is 21.3. The highest BCUT2D eigenvalue weighted by molar-refractivity contribution is 7.91. The lowest BCUT2D eigenvalue weighted by Gasteiger charge is -2.33. The van der Waals surface area contributed by atoms with Crippen LogP contribution < -0.4 is 4.74 Å². The highest BCUT2D eigenvalue weighted by Crippen LogP contribution is 2.44. The lowest BCUT2D eigenvalue weighted by molar-refractivity contribution is 0.0521. The molecule has 1 heterocycles. The van der Waals surface area contributed by atoms with Crippen LogP contribution in [-0.2, 0) is 22.9 Å². The SMILES string of the molecule is CC(C)(C)Cc1ccc(COc2ccc([C@H]3c4ccccc4S(=O)(=O)CC(C)(C)[C@H]3O)cc2)cc1. The standard InChI is InChI=1S/C30H36O4S/c1-29(2,3)18-21-10-12-22(13-11-21)19-34-24-16-14-23(15-17-24)27-25-8-6-7-9-26(25)35(32,33)20-30(4,5)28(27)31/h6-17,27-28,31H,18-20H2,1-5H3/t27-,28-/m0/s1. The number of fused-ring (bicyclic) bond motifs is 1. The van der Waals surface area contributed by atoms with Gasteiger partial charge in [0.05, 0.1) is 16.8 Å². The summed E-state index contributed by atoms with van der Waals surface area (Å²) in [6.45, 7) is 10.8. The molecule has 0 fully saturated rings. The summed E-state index contributed by atoms with van der Waals surface area (Å²) in [7, 11) is -3.51. The molecular formula is C30H36O4S. The molecule has 0 radical (unpaired) electrons. The van der Waals surface area contributed by atoms with Crippen molar-refractivity contribution in [1.29, 1.82) is 0 Å². The van der Waals surface area contributed by atoms with Crippen molar-refractivity contribution in [2.45, 2.75) is 64.6 Å².